The average Bonchev–Trinajstić information content (AvgIpc) is 2.30. The number of nitrogens with zero attached hydrogens (tertiary/aromatic N) is 1. The van der Waals surface area contributed by atoms with Gasteiger partial charge in [0.2, 0.25) is 0 Å². The largest absolute Gasteiger partial charge is 0.308 e. The molecule has 1 N–H and O–H groups in total. The number of nitrogens with one attached hydrogen (secondary N) is 1. The van der Waals surface area contributed by atoms with Crippen molar-refractivity contribution in [1.82, 2.24) is 10.2 Å². The summed E-state index contributed by atoms with van der Waals surface area (Å²) in [5.41, 5.74) is 1.39. The molecule has 1 fully saturated rings. The van der Waals surface area contributed by atoms with E-state index in [9.17, 15) is 0 Å². The van der Waals surface area contributed by atoms with Gasteiger partial charge in [0, 0.05) is 30.1 Å². The van der Waals surface area contributed by atoms with Gasteiger partial charge in [-0.1, -0.05) is 35.0 Å². The van der Waals surface area contributed by atoms with E-state index in [2.05, 4.69) is 57.3 Å². The van der Waals surface area contributed by atoms with Crippen molar-refractivity contribution in [1.29, 1.82) is 0 Å². The van der Waals surface area contributed by atoms with Crippen LogP contribution in [0.2, 0.25) is 0 Å². The van der Waals surface area contributed by atoms with Crippen LogP contribution in [0.3, 0.4) is 0 Å². The number of benzene rings is 1. The van der Waals surface area contributed by atoms with Gasteiger partial charge in [-0.05, 0) is 24.2 Å². The van der Waals surface area contributed by atoms with E-state index >= 15 is 0 Å². The smallest absolute Gasteiger partial charge is 0.0449 e. The van der Waals surface area contributed by atoms with Gasteiger partial charge in [0.1, 0.15) is 0 Å². The summed E-state index contributed by atoms with van der Waals surface area (Å²) < 4.78 is 1.15. The van der Waals surface area contributed by atoms with Crippen LogP contribution >= 0.6 is 15.9 Å². The Hall–Kier alpha value is -0.380. The molecule has 0 spiro atoms. The monoisotopic (exact) mass is 268 g/mol. The van der Waals surface area contributed by atoms with Crippen LogP contribution in [0, 0.1) is 0 Å². The molecule has 1 saturated heterocycles. The topological polar surface area (TPSA) is 15.3 Å². The summed E-state index contributed by atoms with van der Waals surface area (Å²) in [5, 5.41) is 3.56. The quantitative estimate of drug-likeness (QED) is 0.887. The lowest BCUT2D eigenvalue weighted by Crippen LogP contribution is -2.45. The molecule has 2 nitrogen and oxygen atoms in total. The minimum atomic E-state index is 0.492. The Kier molecular flexibility index (Phi) is 3.78. The maximum absolute atomic E-state index is 3.56. The molecule has 0 amide bonds. The van der Waals surface area contributed by atoms with Crippen molar-refractivity contribution < 1.29 is 0 Å². The van der Waals surface area contributed by atoms with E-state index in [1.54, 1.807) is 0 Å². The standard InChI is InChI=1S/C12H17BrN2/c1-2-15-8-7-14-12(9-15)10-3-5-11(13)6-4-10/h3-6,12,14H,2,7-9H2,1H3/t12-/m1/s1. The van der Waals surface area contributed by atoms with E-state index in [1.165, 1.54) is 12.1 Å². The first-order valence-electron chi connectivity index (χ1n) is 5.51. The van der Waals surface area contributed by atoms with Crippen LogP contribution in [-0.4, -0.2) is 31.1 Å². The van der Waals surface area contributed by atoms with Gasteiger partial charge in [-0.25, -0.2) is 0 Å². The van der Waals surface area contributed by atoms with Crippen molar-refractivity contribution in [2.45, 2.75) is 13.0 Å². The van der Waals surface area contributed by atoms with E-state index in [4.69, 9.17) is 0 Å². The average molecular weight is 269 g/mol. The fraction of sp³-hybridized carbons (Fsp3) is 0.500. The molecule has 0 aromatic heterocycles. The molecule has 0 bridgehead atoms. The molecular weight excluding hydrogens is 252 g/mol. The highest BCUT2D eigenvalue weighted by Crippen LogP contribution is 2.19. The van der Waals surface area contributed by atoms with Crippen molar-refractivity contribution in [3.8, 4) is 0 Å². The molecule has 82 valence electrons. The van der Waals surface area contributed by atoms with Gasteiger partial charge in [-0.15, -0.1) is 0 Å². The minimum Gasteiger partial charge on any atom is -0.308 e. The highest BCUT2D eigenvalue weighted by atomic mass is 79.9. The fourth-order valence-electron chi connectivity index (χ4n) is 2.02. The zero-order valence-electron chi connectivity index (χ0n) is 9.04. The molecule has 1 aromatic rings. The van der Waals surface area contributed by atoms with Gasteiger partial charge < -0.3 is 10.2 Å². The summed E-state index contributed by atoms with van der Waals surface area (Å²) >= 11 is 3.46. The van der Waals surface area contributed by atoms with Crippen molar-refractivity contribution in [3.63, 3.8) is 0 Å². The Morgan fingerprint density at radius 3 is 2.80 bits per heavy atom. The summed E-state index contributed by atoms with van der Waals surface area (Å²) in [4.78, 5) is 2.49. The van der Waals surface area contributed by atoms with Gasteiger partial charge in [-0.2, -0.15) is 0 Å². The van der Waals surface area contributed by atoms with E-state index in [0.29, 0.717) is 6.04 Å². The van der Waals surface area contributed by atoms with Crippen molar-refractivity contribution in [2.75, 3.05) is 26.2 Å². The molecule has 1 aliphatic rings. The van der Waals surface area contributed by atoms with Crippen LogP contribution in [0.25, 0.3) is 0 Å². The number of halogens is 1. The Balaban J connectivity index is 2.06. The number of hydrogen-bond donors (Lipinski definition) is 1. The normalized spacial score (nSPS) is 22.9. The van der Waals surface area contributed by atoms with Crippen LogP contribution in [0.4, 0.5) is 0 Å². The van der Waals surface area contributed by atoms with Crippen LogP contribution in [-0.2, 0) is 0 Å². The van der Waals surface area contributed by atoms with Crippen LogP contribution < -0.4 is 5.32 Å². The molecule has 1 aromatic carbocycles. The number of piperazine rings is 1. The molecular formula is C12H17BrN2. The number of likely N-dealkylation sites (N-methyl/N-ethyl adjacent to an activating group) is 1. The molecule has 1 atom stereocenters. The van der Waals surface area contributed by atoms with Gasteiger partial charge in [0.05, 0.1) is 0 Å². The highest BCUT2D eigenvalue weighted by molar-refractivity contribution is 9.10. The zero-order chi connectivity index (χ0) is 10.7. The third kappa shape index (κ3) is 2.80. The van der Waals surface area contributed by atoms with E-state index in [-0.39, 0.29) is 0 Å². The molecule has 1 aliphatic heterocycles. The third-order valence-corrected chi connectivity index (χ3v) is 3.51. The molecule has 0 aliphatic carbocycles. The Bertz CT molecular complexity index is 310. The zero-order valence-corrected chi connectivity index (χ0v) is 10.6. The molecule has 0 unspecified atom stereocenters. The Labute approximate surface area is 99.8 Å². The molecule has 0 radical (unpaired) electrons. The first-order chi connectivity index (χ1) is 7.29. The maximum atomic E-state index is 3.56. The second-order valence-corrected chi connectivity index (χ2v) is 4.87. The summed E-state index contributed by atoms with van der Waals surface area (Å²) in [7, 11) is 0. The SMILES string of the molecule is CCN1CCN[C@@H](c2ccc(Br)cc2)C1. The molecule has 2 rings (SSSR count). The van der Waals surface area contributed by atoms with E-state index in [0.717, 1.165) is 24.1 Å². The van der Waals surface area contributed by atoms with Crippen LogP contribution in [0.15, 0.2) is 28.7 Å². The van der Waals surface area contributed by atoms with Crippen LogP contribution in [0.5, 0.6) is 0 Å². The second kappa shape index (κ2) is 5.10. The summed E-state index contributed by atoms with van der Waals surface area (Å²) in [5.74, 6) is 0. The summed E-state index contributed by atoms with van der Waals surface area (Å²) in [6.45, 7) is 6.76. The predicted molar refractivity (Wildman–Crippen MR) is 67.0 cm³/mol. The second-order valence-electron chi connectivity index (χ2n) is 3.95. The van der Waals surface area contributed by atoms with Gasteiger partial charge in [0.25, 0.3) is 0 Å². The fourth-order valence-corrected chi connectivity index (χ4v) is 2.28. The molecule has 0 saturated carbocycles. The summed E-state index contributed by atoms with van der Waals surface area (Å²) in [6.07, 6.45) is 0. The van der Waals surface area contributed by atoms with Crippen molar-refractivity contribution in [2.24, 2.45) is 0 Å². The molecule has 15 heavy (non-hydrogen) atoms. The lowest BCUT2D eigenvalue weighted by molar-refractivity contribution is 0.210. The van der Waals surface area contributed by atoms with Crippen LogP contribution in [0.1, 0.15) is 18.5 Å². The number of rotatable bonds is 2. The highest BCUT2D eigenvalue weighted by Gasteiger charge is 2.18. The Morgan fingerprint density at radius 2 is 2.13 bits per heavy atom. The first-order valence-corrected chi connectivity index (χ1v) is 6.30. The Morgan fingerprint density at radius 1 is 1.40 bits per heavy atom. The van der Waals surface area contributed by atoms with E-state index < -0.39 is 0 Å². The lowest BCUT2D eigenvalue weighted by atomic mass is 10.0. The summed E-state index contributed by atoms with van der Waals surface area (Å²) in [6, 6.07) is 9.11. The van der Waals surface area contributed by atoms with Gasteiger partial charge >= 0.3 is 0 Å². The van der Waals surface area contributed by atoms with Gasteiger partial charge in [0.15, 0.2) is 0 Å². The minimum absolute atomic E-state index is 0.492. The van der Waals surface area contributed by atoms with E-state index in [1.807, 2.05) is 0 Å². The third-order valence-electron chi connectivity index (χ3n) is 2.98. The molecule has 3 heteroatoms. The predicted octanol–water partition coefficient (Wildman–Crippen LogP) is 2.42. The van der Waals surface area contributed by atoms with Gasteiger partial charge in [-0.3, -0.25) is 0 Å². The van der Waals surface area contributed by atoms with Crippen molar-refractivity contribution in [3.05, 3.63) is 34.3 Å². The van der Waals surface area contributed by atoms with Crippen molar-refractivity contribution >= 4 is 15.9 Å². The number of hydrogen-bond acceptors (Lipinski definition) is 2. The molecule has 1 heterocycles. The lowest BCUT2D eigenvalue weighted by Gasteiger charge is -2.33. The first kappa shape index (κ1) is 11.1. The maximum Gasteiger partial charge on any atom is 0.0449 e.